The molecule has 1 heterocycles. The SMILES string of the molecule is CC(C)CNc1nccn1C1CCCC1C. The highest BCUT2D eigenvalue weighted by Gasteiger charge is 2.26. The van der Waals surface area contributed by atoms with Crippen LogP contribution >= 0.6 is 0 Å². The summed E-state index contributed by atoms with van der Waals surface area (Å²) in [6.45, 7) is 7.79. The third-order valence-corrected chi connectivity index (χ3v) is 3.51. The van der Waals surface area contributed by atoms with Crippen molar-refractivity contribution in [2.24, 2.45) is 11.8 Å². The fourth-order valence-electron chi connectivity index (χ4n) is 2.55. The Bertz CT molecular complexity index is 330. The van der Waals surface area contributed by atoms with E-state index in [-0.39, 0.29) is 0 Å². The fourth-order valence-corrected chi connectivity index (χ4v) is 2.55. The van der Waals surface area contributed by atoms with Gasteiger partial charge in [0, 0.05) is 25.0 Å². The van der Waals surface area contributed by atoms with E-state index in [0.717, 1.165) is 18.4 Å². The van der Waals surface area contributed by atoms with Gasteiger partial charge in [-0.05, 0) is 24.7 Å². The molecule has 3 nitrogen and oxygen atoms in total. The highest BCUT2D eigenvalue weighted by Crippen LogP contribution is 2.36. The Morgan fingerprint density at radius 2 is 2.31 bits per heavy atom. The minimum Gasteiger partial charge on any atom is -0.355 e. The monoisotopic (exact) mass is 221 g/mol. The normalized spacial score (nSPS) is 25.2. The number of hydrogen-bond acceptors (Lipinski definition) is 2. The summed E-state index contributed by atoms with van der Waals surface area (Å²) in [6.07, 6.45) is 8.04. The van der Waals surface area contributed by atoms with Crippen molar-refractivity contribution in [1.29, 1.82) is 0 Å². The van der Waals surface area contributed by atoms with Crippen molar-refractivity contribution in [3.05, 3.63) is 12.4 Å². The van der Waals surface area contributed by atoms with E-state index in [1.54, 1.807) is 0 Å². The lowest BCUT2D eigenvalue weighted by molar-refractivity contribution is 0.410. The second kappa shape index (κ2) is 4.89. The van der Waals surface area contributed by atoms with E-state index in [4.69, 9.17) is 0 Å². The minimum atomic E-state index is 0.650. The van der Waals surface area contributed by atoms with Crippen LogP contribution in [0.2, 0.25) is 0 Å². The van der Waals surface area contributed by atoms with Crippen LogP contribution in [-0.4, -0.2) is 16.1 Å². The van der Waals surface area contributed by atoms with Crippen molar-refractivity contribution in [2.75, 3.05) is 11.9 Å². The van der Waals surface area contributed by atoms with Crippen molar-refractivity contribution < 1.29 is 0 Å². The van der Waals surface area contributed by atoms with Gasteiger partial charge in [-0.2, -0.15) is 0 Å². The Hall–Kier alpha value is -0.990. The first kappa shape index (κ1) is 11.5. The Morgan fingerprint density at radius 3 is 2.94 bits per heavy atom. The number of rotatable bonds is 4. The van der Waals surface area contributed by atoms with Crippen LogP contribution in [0.5, 0.6) is 0 Å². The summed E-state index contributed by atoms with van der Waals surface area (Å²) < 4.78 is 2.33. The summed E-state index contributed by atoms with van der Waals surface area (Å²) in [5.41, 5.74) is 0. The van der Waals surface area contributed by atoms with Gasteiger partial charge >= 0.3 is 0 Å². The van der Waals surface area contributed by atoms with E-state index >= 15 is 0 Å². The molecule has 2 atom stereocenters. The van der Waals surface area contributed by atoms with E-state index < -0.39 is 0 Å². The van der Waals surface area contributed by atoms with Gasteiger partial charge in [-0.3, -0.25) is 0 Å². The fraction of sp³-hybridized carbons (Fsp3) is 0.769. The van der Waals surface area contributed by atoms with Crippen molar-refractivity contribution in [1.82, 2.24) is 9.55 Å². The summed E-state index contributed by atoms with van der Waals surface area (Å²) in [7, 11) is 0. The Morgan fingerprint density at radius 1 is 1.50 bits per heavy atom. The van der Waals surface area contributed by atoms with Crippen molar-refractivity contribution >= 4 is 5.95 Å². The van der Waals surface area contributed by atoms with Crippen LogP contribution in [0.15, 0.2) is 12.4 Å². The molecule has 16 heavy (non-hydrogen) atoms. The quantitative estimate of drug-likeness (QED) is 0.845. The predicted molar refractivity (Wildman–Crippen MR) is 67.6 cm³/mol. The number of imidazole rings is 1. The van der Waals surface area contributed by atoms with Crippen LogP contribution in [-0.2, 0) is 0 Å². The van der Waals surface area contributed by atoms with E-state index in [2.05, 4.69) is 41.8 Å². The number of nitrogens with one attached hydrogen (secondary N) is 1. The molecule has 3 heteroatoms. The highest BCUT2D eigenvalue weighted by atomic mass is 15.2. The molecule has 0 saturated heterocycles. The molecule has 1 saturated carbocycles. The summed E-state index contributed by atoms with van der Waals surface area (Å²) in [4.78, 5) is 4.42. The van der Waals surface area contributed by atoms with Crippen LogP contribution in [0.1, 0.15) is 46.1 Å². The lowest BCUT2D eigenvalue weighted by Crippen LogP contribution is -2.17. The zero-order valence-electron chi connectivity index (χ0n) is 10.6. The van der Waals surface area contributed by atoms with Crippen molar-refractivity contribution in [3.8, 4) is 0 Å². The smallest absolute Gasteiger partial charge is 0.203 e. The maximum Gasteiger partial charge on any atom is 0.203 e. The molecule has 1 fully saturated rings. The average molecular weight is 221 g/mol. The van der Waals surface area contributed by atoms with Crippen LogP contribution in [0, 0.1) is 11.8 Å². The molecule has 0 aromatic carbocycles. The Balaban J connectivity index is 2.06. The second-order valence-electron chi connectivity index (χ2n) is 5.41. The van der Waals surface area contributed by atoms with E-state index in [1.807, 2.05) is 6.20 Å². The summed E-state index contributed by atoms with van der Waals surface area (Å²) in [5, 5.41) is 3.44. The maximum absolute atomic E-state index is 4.42. The van der Waals surface area contributed by atoms with Gasteiger partial charge in [-0.25, -0.2) is 4.98 Å². The third kappa shape index (κ3) is 2.39. The van der Waals surface area contributed by atoms with Crippen molar-refractivity contribution in [3.63, 3.8) is 0 Å². The van der Waals surface area contributed by atoms with Crippen molar-refractivity contribution in [2.45, 2.75) is 46.1 Å². The topological polar surface area (TPSA) is 29.9 Å². The molecule has 1 aliphatic rings. The standard InChI is InChI=1S/C13H23N3/c1-10(2)9-15-13-14-7-8-16(13)12-6-4-5-11(12)3/h7-8,10-12H,4-6,9H2,1-3H3,(H,14,15). The lowest BCUT2D eigenvalue weighted by Gasteiger charge is -2.20. The van der Waals surface area contributed by atoms with Gasteiger partial charge in [0.05, 0.1) is 0 Å². The van der Waals surface area contributed by atoms with Gasteiger partial charge in [0.25, 0.3) is 0 Å². The van der Waals surface area contributed by atoms with Crippen LogP contribution < -0.4 is 5.32 Å². The van der Waals surface area contributed by atoms with Gasteiger partial charge in [0.15, 0.2) is 0 Å². The first-order chi connectivity index (χ1) is 7.68. The molecule has 0 bridgehead atoms. The molecule has 0 radical (unpaired) electrons. The highest BCUT2D eigenvalue weighted by molar-refractivity contribution is 5.27. The van der Waals surface area contributed by atoms with Gasteiger partial charge in [-0.15, -0.1) is 0 Å². The molecule has 1 aromatic rings. The molecule has 0 amide bonds. The molecule has 1 aromatic heterocycles. The maximum atomic E-state index is 4.42. The van der Waals surface area contributed by atoms with Gasteiger partial charge in [0.1, 0.15) is 0 Å². The molecule has 2 rings (SSSR count). The zero-order chi connectivity index (χ0) is 11.5. The predicted octanol–water partition coefficient (Wildman–Crippen LogP) is 3.31. The number of aromatic nitrogens is 2. The summed E-state index contributed by atoms with van der Waals surface area (Å²) in [6, 6.07) is 0.650. The molecule has 0 spiro atoms. The Kier molecular flexibility index (Phi) is 3.52. The van der Waals surface area contributed by atoms with E-state index in [0.29, 0.717) is 12.0 Å². The molecule has 0 aliphatic heterocycles. The summed E-state index contributed by atoms with van der Waals surface area (Å²) in [5.74, 6) is 2.49. The number of hydrogen-bond donors (Lipinski definition) is 1. The Labute approximate surface area is 98.3 Å². The zero-order valence-corrected chi connectivity index (χ0v) is 10.6. The van der Waals surface area contributed by atoms with Gasteiger partial charge < -0.3 is 9.88 Å². The molecule has 2 unspecified atom stereocenters. The first-order valence-electron chi connectivity index (χ1n) is 6.45. The largest absolute Gasteiger partial charge is 0.355 e. The lowest BCUT2D eigenvalue weighted by atomic mass is 10.1. The molecular weight excluding hydrogens is 198 g/mol. The van der Waals surface area contributed by atoms with Gasteiger partial charge in [-0.1, -0.05) is 27.2 Å². The van der Waals surface area contributed by atoms with E-state index in [1.165, 1.54) is 19.3 Å². The number of anilines is 1. The molecule has 90 valence electrons. The molecule has 1 N–H and O–H groups in total. The minimum absolute atomic E-state index is 0.650. The van der Waals surface area contributed by atoms with Crippen LogP contribution in [0.4, 0.5) is 5.95 Å². The van der Waals surface area contributed by atoms with Gasteiger partial charge in [0.2, 0.25) is 5.95 Å². The summed E-state index contributed by atoms with van der Waals surface area (Å²) >= 11 is 0. The van der Waals surface area contributed by atoms with E-state index in [9.17, 15) is 0 Å². The van der Waals surface area contributed by atoms with Crippen LogP contribution in [0.25, 0.3) is 0 Å². The third-order valence-electron chi connectivity index (χ3n) is 3.51. The first-order valence-corrected chi connectivity index (χ1v) is 6.45. The second-order valence-corrected chi connectivity index (χ2v) is 5.41. The van der Waals surface area contributed by atoms with Crippen LogP contribution in [0.3, 0.4) is 0 Å². The average Bonchev–Trinajstić information content (AvgIpc) is 2.82. The molecular formula is C13H23N3. The number of nitrogens with zero attached hydrogens (tertiary/aromatic N) is 2. The molecule has 1 aliphatic carbocycles.